The molecule has 21 heavy (non-hydrogen) atoms. The van der Waals surface area contributed by atoms with Crippen molar-refractivity contribution in [3.63, 3.8) is 0 Å². The summed E-state index contributed by atoms with van der Waals surface area (Å²) >= 11 is 19.3. The highest BCUT2D eigenvalue weighted by Gasteiger charge is 2.32. The van der Waals surface area contributed by atoms with Crippen molar-refractivity contribution in [3.05, 3.63) is 32.1 Å². The van der Waals surface area contributed by atoms with Crippen molar-refractivity contribution >= 4 is 68.2 Å². The van der Waals surface area contributed by atoms with Crippen LogP contribution in [0.15, 0.2) is 12.1 Å². The highest BCUT2D eigenvalue weighted by atomic mass is 35.5. The van der Waals surface area contributed by atoms with Crippen LogP contribution in [0.25, 0.3) is 10.1 Å². The average molecular weight is 366 g/mol. The predicted octanol–water partition coefficient (Wildman–Crippen LogP) is 4.33. The van der Waals surface area contributed by atoms with E-state index in [1.807, 2.05) is 0 Å². The van der Waals surface area contributed by atoms with Crippen molar-refractivity contribution in [1.29, 1.82) is 0 Å². The van der Waals surface area contributed by atoms with Crippen LogP contribution in [-0.2, 0) is 14.3 Å². The van der Waals surface area contributed by atoms with Gasteiger partial charge in [-0.2, -0.15) is 0 Å². The molecular weight excluding hydrogens is 359 g/mol. The van der Waals surface area contributed by atoms with Crippen LogP contribution in [0, 0.1) is 0 Å². The molecule has 4 nitrogen and oxygen atoms in total. The minimum atomic E-state index is -0.877. The van der Waals surface area contributed by atoms with Crippen molar-refractivity contribution in [3.8, 4) is 0 Å². The van der Waals surface area contributed by atoms with Gasteiger partial charge in [-0.25, -0.2) is 9.59 Å². The van der Waals surface area contributed by atoms with Gasteiger partial charge < -0.3 is 9.47 Å². The van der Waals surface area contributed by atoms with Crippen molar-refractivity contribution in [2.24, 2.45) is 0 Å². The maximum Gasteiger partial charge on any atom is 0.350 e. The zero-order valence-electron chi connectivity index (χ0n) is 10.3. The fourth-order valence-corrected chi connectivity index (χ4v) is 4.26. The van der Waals surface area contributed by atoms with E-state index in [9.17, 15) is 9.59 Å². The second-order valence-corrected chi connectivity index (χ2v) is 6.63. The Labute approximate surface area is 138 Å². The molecule has 2 heterocycles. The van der Waals surface area contributed by atoms with Crippen LogP contribution in [0.4, 0.5) is 0 Å². The van der Waals surface area contributed by atoms with Gasteiger partial charge in [0.2, 0.25) is 6.10 Å². The molecule has 1 unspecified atom stereocenters. The van der Waals surface area contributed by atoms with E-state index >= 15 is 0 Å². The van der Waals surface area contributed by atoms with Crippen LogP contribution < -0.4 is 0 Å². The number of fused-ring (bicyclic) bond motifs is 1. The molecule has 1 aliphatic rings. The molecule has 0 bridgehead atoms. The highest BCUT2D eigenvalue weighted by Crippen LogP contribution is 2.41. The number of ether oxygens (including phenoxy) is 2. The monoisotopic (exact) mass is 364 g/mol. The Balaban J connectivity index is 1.97. The molecule has 1 aromatic heterocycles. The highest BCUT2D eigenvalue weighted by molar-refractivity contribution is 7.21. The SMILES string of the molecule is O=C(OC1CCOC1=O)c1sc2cc(Cl)cc(Cl)c2c1Cl. The lowest BCUT2D eigenvalue weighted by atomic mass is 10.2. The zero-order valence-corrected chi connectivity index (χ0v) is 13.4. The minimum Gasteiger partial charge on any atom is -0.463 e. The first-order valence-corrected chi connectivity index (χ1v) is 7.87. The summed E-state index contributed by atoms with van der Waals surface area (Å²) in [6, 6.07) is 3.22. The minimum absolute atomic E-state index is 0.190. The largest absolute Gasteiger partial charge is 0.463 e. The molecule has 0 N–H and O–H groups in total. The predicted molar refractivity (Wildman–Crippen MR) is 81.6 cm³/mol. The molecule has 1 saturated heterocycles. The maximum atomic E-state index is 12.2. The van der Waals surface area contributed by atoms with Gasteiger partial charge in [-0.15, -0.1) is 11.3 Å². The van der Waals surface area contributed by atoms with E-state index in [0.717, 1.165) is 11.3 Å². The van der Waals surface area contributed by atoms with Gasteiger partial charge in [-0.05, 0) is 12.1 Å². The maximum absolute atomic E-state index is 12.2. The standard InChI is InChI=1S/C13H7Cl3O4S/c14-5-3-6(15)9-8(4-5)21-11(10(9)16)13(18)20-7-1-2-19-12(7)17/h3-4,7H,1-2H2. The number of benzene rings is 1. The number of cyclic esters (lactones) is 1. The van der Waals surface area contributed by atoms with Gasteiger partial charge in [0.25, 0.3) is 0 Å². The molecule has 0 radical (unpaired) electrons. The Morgan fingerprint density at radius 3 is 2.76 bits per heavy atom. The topological polar surface area (TPSA) is 52.6 Å². The quantitative estimate of drug-likeness (QED) is 0.743. The van der Waals surface area contributed by atoms with Crippen LogP contribution in [0.5, 0.6) is 0 Å². The number of hydrogen-bond donors (Lipinski definition) is 0. The Morgan fingerprint density at radius 1 is 1.33 bits per heavy atom. The van der Waals surface area contributed by atoms with Crippen molar-refractivity contribution in [2.75, 3.05) is 6.61 Å². The van der Waals surface area contributed by atoms with Gasteiger partial charge in [0.05, 0.1) is 16.7 Å². The van der Waals surface area contributed by atoms with E-state index in [1.54, 1.807) is 12.1 Å². The van der Waals surface area contributed by atoms with Gasteiger partial charge in [-0.3, -0.25) is 0 Å². The lowest BCUT2D eigenvalue weighted by Crippen LogP contribution is -2.22. The first-order chi connectivity index (χ1) is 9.97. The van der Waals surface area contributed by atoms with Crippen LogP contribution in [0.1, 0.15) is 16.1 Å². The molecule has 0 aliphatic carbocycles. The molecule has 1 atom stereocenters. The van der Waals surface area contributed by atoms with Gasteiger partial charge >= 0.3 is 11.9 Å². The number of rotatable bonds is 2. The normalized spacial score (nSPS) is 18.0. The number of carbonyl (C=O) groups excluding carboxylic acids is 2. The summed E-state index contributed by atoms with van der Waals surface area (Å²) in [5.74, 6) is -1.21. The van der Waals surface area contributed by atoms with Gasteiger partial charge in [-0.1, -0.05) is 34.8 Å². The molecule has 110 valence electrons. The van der Waals surface area contributed by atoms with E-state index in [4.69, 9.17) is 44.3 Å². The molecule has 0 saturated carbocycles. The molecule has 3 rings (SSSR count). The molecule has 8 heteroatoms. The third kappa shape index (κ3) is 2.71. The summed E-state index contributed by atoms with van der Waals surface area (Å²) in [5.41, 5.74) is 0. The Kier molecular flexibility index (Phi) is 4.01. The smallest absolute Gasteiger partial charge is 0.350 e. The first-order valence-electron chi connectivity index (χ1n) is 5.92. The molecule has 1 fully saturated rings. The number of carbonyl (C=O) groups is 2. The summed E-state index contributed by atoms with van der Waals surface area (Å²) < 4.78 is 10.5. The van der Waals surface area contributed by atoms with E-state index in [0.29, 0.717) is 26.6 Å². The van der Waals surface area contributed by atoms with Gasteiger partial charge in [0, 0.05) is 21.5 Å². The van der Waals surface area contributed by atoms with Gasteiger partial charge in [0.1, 0.15) is 4.88 Å². The van der Waals surface area contributed by atoms with Crippen LogP contribution in [-0.4, -0.2) is 24.6 Å². The number of hydrogen-bond acceptors (Lipinski definition) is 5. The van der Waals surface area contributed by atoms with E-state index in [-0.39, 0.29) is 16.5 Å². The zero-order chi connectivity index (χ0) is 15.1. The number of thiophene rings is 1. The fraction of sp³-hybridized carbons (Fsp3) is 0.231. The molecular formula is C13H7Cl3O4S. The Bertz CT molecular complexity index is 755. The first kappa shape index (κ1) is 14.9. The fourth-order valence-electron chi connectivity index (χ4n) is 2.01. The molecule has 0 spiro atoms. The Hall–Kier alpha value is -1.01. The number of halogens is 3. The van der Waals surface area contributed by atoms with E-state index in [2.05, 4.69) is 0 Å². The second kappa shape index (κ2) is 5.65. The summed E-state index contributed by atoms with van der Waals surface area (Å²) in [5, 5.41) is 1.56. The van der Waals surface area contributed by atoms with E-state index in [1.165, 1.54) is 0 Å². The lowest BCUT2D eigenvalue weighted by Gasteiger charge is -2.06. The van der Waals surface area contributed by atoms with Crippen molar-refractivity contribution in [1.82, 2.24) is 0 Å². The van der Waals surface area contributed by atoms with E-state index < -0.39 is 18.0 Å². The Morgan fingerprint density at radius 2 is 2.10 bits per heavy atom. The van der Waals surface area contributed by atoms with Crippen LogP contribution >= 0.6 is 46.1 Å². The molecule has 0 amide bonds. The van der Waals surface area contributed by atoms with Crippen LogP contribution in [0.2, 0.25) is 15.1 Å². The molecule has 1 aromatic carbocycles. The summed E-state index contributed by atoms with van der Waals surface area (Å²) in [4.78, 5) is 23.7. The third-order valence-corrected chi connectivity index (χ3v) is 5.09. The van der Waals surface area contributed by atoms with Gasteiger partial charge in [0.15, 0.2) is 0 Å². The van der Waals surface area contributed by atoms with Crippen molar-refractivity contribution < 1.29 is 19.1 Å². The number of esters is 2. The average Bonchev–Trinajstić information content (AvgIpc) is 2.94. The summed E-state index contributed by atoms with van der Waals surface area (Å²) in [6.07, 6.45) is -0.530. The van der Waals surface area contributed by atoms with Crippen molar-refractivity contribution in [2.45, 2.75) is 12.5 Å². The van der Waals surface area contributed by atoms with Crippen LogP contribution in [0.3, 0.4) is 0 Å². The summed E-state index contributed by atoms with van der Waals surface area (Å²) in [7, 11) is 0. The second-order valence-electron chi connectivity index (χ2n) is 4.36. The molecule has 2 aromatic rings. The summed E-state index contributed by atoms with van der Waals surface area (Å²) in [6.45, 7) is 0.248. The molecule has 1 aliphatic heterocycles. The lowest BCUT2D eigenvalue weighted by molar-refractivity contribution is -0.145. The third-order valence-electron chi connectivity index (χ3n) is 2.97.